The van der Waals surface area contributed by atoms with Crippen LogP contribution in [0.25, 0.3) is 0 Å². The van der Waals surface area contributed by atoms with Crippen LogP contribution in [0.15, 0.2) is 0 Å². The zero-order valence-corrected chi connectivity index (χ0v) is 28.7. The van der Waals surface area contributed by atoms with Crippen LogP contribution in [0, 0.1) is 39.9 Å². The molecule has 3 N–H and O–H groups in total. The molecular weight excluding hydrogens is 522 g/mol. The maximum atomic E-state index is 13.7. The Morgan fingerprint density at radius 1 is 0.524 bits per heavy atom. The average Bonchev–Trinajstić information content (AvgIpc) is 2.87. The summed E-state index contributed by atoms with van der Waals surface area (Å²) in [5, 5.41) is 9.82. The van der Waals surface area contributed by atoms with Gasteiger partial charge in [-0.25, -0.2) is 0 Å². The molecule has 3 amide bonds. The molecule has 6 unspecified atom stereocenters. The van der Waals surface area contributed by atoms with Crippen molar-refractivity contribution in [3.63, 3.8) is 0 Å². The number of hydrogen-bond acceptors (Lipinski definition) is 3. The molecule has 3 aliphatic rings. The third kappa shape index (κ3) is 10.8. The highest BCUT2D eigenvalue weighted by molar-refractivity contribution is 5.90. The van der Waals surface area contributed by atoms with Crippen LogP contribution < -0.4 is 16.0 Å². The number of hydrogen-bond donors (Lipinski definition) is 3. The Bertz CT molecular complexity index is 859. The van der Waals surface area contributed by atoms with Gasteiger partial charge in [-0.2, -0.15) is 0 Å². The minimum atomic E-state index is -0.649. The highest BCUT2D eigenvalue weighted by Crippen LogP contribution is 2.40. The molecule has 6 nitrogen and oxygen atoms in total. The van der Waals surface area contributed by atoms with E-state index in [0.29, 0.717) is 17.8 Å². The Hall–Kier alpha value is -1.59. The van der Waals surface area contributed by atoms with Crippen molar-refractivity contribution in [1.29, 1.82) is 0 Å². The van der Waals surface area contributed by atoms with E-state index in [-0.39, 0.29) is 64.9 Å². The van der Waals surface area contributed by atoms with Crippen molar-refractivity contribution in [3.05, 3.63) is 0 Å². The van der Waals surface area contributed by atoms with Crippen LogP contribution >= 0.6 is 0 Å². The van der Waals surface area contributed by atoms with E-state index >= 15 is 0 Å². The van der Waals surface area contributed by atoms with Gasteiger partial charge in [0.25, 0.3) is 0 Å². The quantitative estimate of drug-likeness (QED) is 0.274. The first-order valence-corrected chi connectivity index (χ1v) is 17.3. The topological polar surface area (TPSA) is 87.3 Å². The van der Waals surface area contributed by atoms with E-state index in [0.717, 1.165) is 57.8 Å². The molecule has 3 saturated carbocycles. The van der Waals surface area contributed by atoms with E-state index in [2.05, 4.69) is 78.3 Å². The maximum absolute atomic E-state index is 13.7. The Morgan fingerprint density at radius 2 is 0.833 bits per heavy atom. The zero-order chi connectivity index (χ0) is 31.3. The van der Waals surface area contributed by atoms with Gasteiger partial charge >= 0.3 is 0 Å². The summed E-state index contributed by atoms with van der Waals surface area (Å²) in [7, 11) is 0. The first-order valence-electron chi connectivity index (χ1n) is 17.3. The summed E-state index contributed by atoms with van der Waals surface area (Å²) in [5.41, 5.74) is 0.651. The van der Waals surface area contributed by atoms with Crippen molar-refractivity contribution < 1.29 is 14.4 Å². The Kier molecular flexibility index (Phi) is 12.0. The number of amides is 3. The van der Waals surface area contributed by atoms with Crippen LogP contribution in [0.4, 0.5) is 0 Å². The second kappa shape index (κ2) is 14.5. The standard InChI is InChI=1S/C36H65N3O3/c1-34(2,3)25-13-10-16-28(21-25)37-31(40)19-24(33(42)39-30-18-12-15-27(23-30)36(7,8)9)20-32(41)38-29-17-11-14-26(22-29)35(4,5)6/h24-30H,10-23H2,1-9H3,(H,37,40)(H,38,41)(H,39,42). The molecular formula is C36H65N3O3. The fraction of sp³-hybridized carbons (Fsp3) is 0.917. The molecule has 0 radical (unpaired) electrons. The van der Waals surface area contributed by atoms with E-state index < -0.39 is 5.92 Å². The molecule has 0 aromatic heterocycles. The molecule has 0 spiro atoms. The molecule has 42 heavy (non-hydrogen) atoms. The molecule has 3 fully saturated rings. The molecule has 242 valence electrons. The summed E-state index contributed by atoms with van der Waals surface area (Å²) in [4.78, 5) is 40.4. The first-order chi connectivity index (χ1) is 19.4. The molecule has 0 aromatic carbocycles. The summed E-state index contributed by atoms with van der Waals surface area (Å²) in [6, 6.07) is 0.409. The fourth-order valence-corrected chi connectivity index (χ4v) is 7.92. The summed E-state index contributed by atoms with van der Waals surface area (Å²) >= 11 is 0. The lowest BCUT2D eigenvalue weighted by Gasteiger charge is -2.39. The molecule has 0 bridgehead atoms. The highest BCUT2D eigenvalue weighted by Gasteiger charge is 2.36. The third-order valence-electron chi connectivity index (χ3n) is 11.0. The number of rotatable bonds is 8. The normalized spacial score (nSPS) is 30.2. The minimum absolute atomic E-state index is 0.0701. The van der Waals surface area contributed by atoms with Crippen molar-refractivity contribution in [2.24, 2.45) is 39.9 Å². The Labute approximate surface area is 258 Å². The van der Waals surface area contributed by atoms with E-state index in [9.17, 15) is 14.4 Å². The van der Waals surface area contributed by atoms with Crippen molar-refractivity contribution in [2.45, 2.75) is 170 Å². The summed E-state index contributed by atoms with van der Waals surface area (Å²) in [6.45, 7) is 20.6. The van der Waals surface area contributed by atoms with Crippen molar-refractivity contribution in [3.8, 4) is 0 Å². The Balaban J connectivity index is 1.64. The molecule has 0 saturated heterocycles. The van der Waals surface area contributed by atoms with Gasteiger partial charge in [0.2, 0.25) is 17.7 Å². The lowest BCUT2D eigenvalue weighted by molar-refractivity contribution is -0.134. The van der Waals surface area contributed by atoms with Gasteiger partial charge in [0, 0.05) is 31.0 Å². The van der Waals surface area contributed by atoms with Crippen LogP contribution in [0.1, 0.15) is 152 Å². The lowest BCUT2D eigenvalue weighted by Crippen LogP contribution is -2.47. The third-order valence-corrected chi connectivity index (χ3v) is 11.0. The maximum Gasteiger partial charge on any atom is 0.224 e. The van der Waals surface area contributed by atoms with Gasteiger partial charge in [0.05, 0.1) is 5.92 Å². The van der Waals surface area contributed by atoms with Crippen molar-refractivity contribution in [1.82, 2.24) is 16.0 Å². The van der Waals surface area contributed by atoms with E-state index in [1.165, 1.54) is 19.3 Å². The van der Waals surface area contributed by atoms with Crippen LogP contribution in [0.3, 0.4) is 0 Å². The van der Waals surface area contributed by atoms with Crippen LogP contribution in [-0.2, 0) is 14.4 Å². The van der Waals surface area contributed by atoms with Gasteiger partial charge in [0.15, 0.2) is 0 Å². The fourth-order valence-electron chi connectivity index (χ4n) is 7.92. The van der Waals surface area contributed by atoms with Gasteiger partial charge in [-0.15, -0.1) is 0 Å². The van der Waals surface area contributed by atoms with E-state index in [1.807, 2.05) is 0 Å². The molecule has 3 aliphatic carbocycles. The van der Waals surface area contributed by atoms with Gasteiger partial charge < -0.3 is 16.0 Å². The predicted molar refractivity (Wildman–Crippen MR) is 173 cm³/mol. The molecule has 3 rings (SSSR count). The van der Waals surface area contributed by atoms with Gasteiger partial charge in [-0.3, -0.25) is 14.4 Å². The van der Waals surface area contributed by atoms with Gasteiger partial charge in [-0.1, -0.05) is 81.6 Å². The summed E-state index contributed by atoms with van der Waals surface area (Å²) in [6.07, 6.45) is 13.0. The van der Waals surface area contributed by atoms with Crippen molar-refractivity contribution >= 4 is 17.7 Å². The van der Waals surface area contributed by atoms with E-state index in [1.54, 1.807) is 0 Å². The Morgan fingerprint density at radius 3 is 1.14 bits per heavy atom. The molecule has 0 heterocycles. The average molecular weight is 588 g/mol. The number of carbonyl (C=O) groups is 3. The first kappa shape index (κ1) is 34.9. The monoisotopic (exact) mass is 588 g/mol. The minimum Gasteiger partial charge on any atom is -0.353 e. The van der Waals surface area contributed by atoms with Crippen LogP contribution in [0.2, 0.25) is 0 Å². The van der Waals surface area contributed by atoms with Crippen LogP contribution in [-0.4, -0.2) is 35.8 Å². The second-order valence-corrected chi connectivity index (χ2v) is 17.5. The second-order valence-electron chi connectivity index (χ2n) is 17.5. The predicted octanol–water partition coefficient (Wildman–Crippen LogP) is 7.55. The highest BCUT2D eigenvalue weighted by atomic mass is 16.2. The van der Waals surface area contributed by atoms with Gasteiger partial charge in [-0.05, 0) is 91.8 Å². The summed E-state index contributed by atoms with van der Waals surface area (Å²) in [5.74, 6) is 0.752. The van der Waals surface area contributed by atoms with Crippen LogP contribution in [0.5, 0.6) is 0 Å². The van der Waals surface area contributed by atoms with E-state index in [4.69, 9.17) is 0 Å². The van der Waals surface area contributed by atoms with Gasteiger partial charge in [0.1, 0.15) is 0 Å². The molecule has 6 heteroatoms. The number of nitrogens with one attached hydrogen (secondary N) is 3. The zero-order valence-electron chi connectivity index (χ0n) is 28.7. The lowest BCUT2D eigenvalue weighted by atomic mass is 9.71. The van der Waals surface area contributed by atoms with Crippen molar-refractivity contribution in [2.75, 3.05) is 0 Å². The smallest absolute Gasteiger partial charge is 0.224 e. The molecule has 0 aromatic rings. The number of carbonyl (C=O) groups excluding carboxylic acids is 3. The molecule has 6 atom stereocenters. The molecule has 0 aliphatic heterocycles. The SMILES string of the molecule is CC(C)(C)C1CCCC(NC(=O)CC(CC(=O)NC2CCCC(C(C)(C)C)C2)C(=O)NC2CCCC(C(C)(C)C)C2)C1. The largest absolute Gasteiger partial charge is 0.353 e. The summed E-state index contributed by atoms with van der Waals surface area (Å²) < 4.78 is 0.